The number of piperazine rings is 1. The molecule has 2 N–H and O–H groups in total. The van der Waals surface area contributed by atoms with Crippen LogP contribution in [0.25, 0.3) is 0 Å². The molecule has 3 aliphatic rings. The molecule has 6 heteroatoms. The summed E-state index contributed by atoms with van der Waals surface area (Å²) in [5.74, 6) is 0.159. The van der Waals surface area contributed by atoms with E-state index in [9.17, 15) is 9.59 Å². The van der Waals surface area contributed by atoms with Crippen LogP contribution in [0.3, 0.4) is 0 Å². The molecule has 1 saturated carbocycles. The summed E-state index contributed by atoms with van der Waals surface area (Å²) in [6.45, 7) is 5.74. The van der Waals surface area contributed by atoms with Crippen molar-refractivity contribution in [1.29, 1.82) is 0 Å². The zero-order chi connectivity index (χ0) is 18.1. The summed E-state index contributed by atoms with van der Waals surface area (Å²) < 4.78 is 0. The molecule has 1 aliphatic carbocycles. The number of rotatable bonds is 4. The van der Waals surface area contributed by atoms with Crippen molar-refractivity contribution < 1.29 is 19.4 Å². The first-order chi connectivity index (χ1) is 12.6. The van der Waals surface area contributed by atoms with Crippen LogP contribution in [0, 0.1) is 11.8 Å². The second kappa shape index (κ2) is 7.67. The maximum atomic E-state index is 12.6. The molecule has 2 aliphatic heterocycles. The summed E-state index contributed by atoms with van der Waals surface area (Å²) in [7, 11) is 0. The number of quaternary nitrogens is 2. The van der Waals surface area contributed by atoms with Gasteiger partial charge in [-0.15, -0.1) is 0 Å². The summed E-state index contributed by atoms with van der Waals surface area (Å²) in [5.41, 5.74) is 1.31. The number of amides is 2. The number of fused-ring (bicyclic) bond motifs is 1. The Morgan fingerprint density at radius 1 is 0.885 bits per heavy atom. The minimum Gasteiger partial charge on any atom is -0.322 e. The molecule has 2 saturated heterocycles. The number of hydrogen-bond acceptors (Lipinski definition) is 2. The Balaban J connectivity index is 1.29. The molecule has 26 heavy (non-hydrogen) atoms. The highest BCUT2D eigenvalue weighted by molar-refractivity contribution is 6.30. The van der Waals surface area contributed by atoms with E-state index in [4.69, 9.17) is 11.6 Å². The van der Waals surface area contributed by atoms with Gasteiger partial charge >= 0.3 is 0 Å². The van der Waals surface area contributed by atoms with E-state index in [0.29, 0.717) is 6.67 Å². The third kappa shape index (κ3) is 3.66. The van der Waals surface area contributed by atoms with Gasteiger partial charge in [-0.05, 0) is 25.0 Å². The van der Waals surface area contributed by atoms with Gasteiger partial charge in [-0.2, -0.15) is 0 Å². The minimum atomic E-state index is -0.0209. The van der Waals surface area contributed by atoms with Crippen LogP contribution in [0.2, 0.25) is 5.02 Å². The smallest absolute Gasteiger partial charge is 0.237 e. The van der Waals surface area contributed by atoms with Crippen molar-refractivity contribution in [2.75, 3.05) is 32.8 Å². The summed E-state index contributed by atoms with van der Waals surface area (Å²) >= 11 is 5.95. The molecule has 0 bridgehead atoms. The van der Waals surface area contributed by atoms with Crippen LogP contribution in [-0.4, -0.2) is 49.6 Å². The van der Waals surface area contributed by atoms with Crippen molar-refractivity contribution in [2.24, 2.45) is 11.8 Å². The summed E-state index contributed by atoms with van der Waals surface area (Å²) in [6.07, 6.45) is 3.99. The topological polar surface area (TPSA) is 46.3 Å². The van der Waals surface area contributed by atoms with Crippen LogP contribution >= 0.6 is 11.6 Å². The number of halogens is 1. The molecule has 0 aromatic heterocycles. The maximum Gasteiger partial charge on any atom is 0.237 e. The Kier molecular flexibility index (Phi) is 5.30. The first-order valence-electron chi connectivity index (χ1n) is 9.88. The van der Waals surface area contributed by atoms with Crippen LogP contribution in [0.15, 0.2) is 24.3 Å². The number of imide groups is 1. The number of carbonyl (C=O) groups is 2. The van der Waals surface area contributed by atoms with Gasteiger partial charge in [0.2, 0.25) is 11.8 Å². The number of likely N-dealkylation sites (tertiary alicyclic amines) is 1. The Hall–Kier alpha value is -1.43. The van der Waals surface area contributed by atoms with Crippen LogP contribution in [-0.2, 0) is 16.1 Å². The van der Waals surface area contributed by atoms with Crippen LogP contribution < -0.4 is 9.80 Å². The SMILES string of the molecule is O=C1[C@H]2CCCC[C@H]2C(=O)N1C[NH+]1CC[NH+](Cc2ccc(Cl)cc2)CC1. The van der Waals surface area contributed by atoms with Crippen LogP contribution in [0.4, 0.5) is 0 Å². The maximum absolute atomic E-state index is 12.6. The third-order valence-electron chi connectivity index (χ3n) is 6.35. The Labute approximate surface area is 159 Å². The van der Waals surface area contributed by atoms with Crippen molar-refractivity contribution in [3.8, 4) is 0 Å². The van der Waals surface area contributed by atoms with Gasteiger partial charge in [0.15, 0.2) is 6.67 Å². The monoisotopic (exact) mass is 377 g/mol. The standard InChI is InChI=1S/C20H26ClN3O2/c21-16-7-5-15(6-8-16)13-22-9-11-23(12-10-22)14-24-19(25)17-3-1-2-4-18(17)20(24)26/h5-8,17-18H,1-4,9-14H2/p+2/t17-,18+. The zero-order valence-corrected chi connectivity index (χ0v) is 15.9. The summed E-state index contributed by atoms with van der Waals surface area (Å²) in [5, 5.41) is 0.776. The lowest BCUT2D eigenvalue weighted by atomic mass is 9.81. The molecule has 3 fully saturated rings. The van der Waals surface area contributed by atoms with Crippen molar-refractivity contribution in [1.82, 2.24) is 4.90 Å². The van der Waals surface area contributed by atoms with Gasteiger partial charge < -0.3 is 9.80 Å². The van der Waals surface area contributed by atoms with E-state index in [1.165, 1.54) is 10.5 Å². The highest BCUT2D eigenvalue weighted by Gasteiger charge is 2.49. The predicted octanol–water partition coefficient (Wildman–Crippen LogP) is -0.244. The van der Waals surface area contributed by atoms with E-state index in [0.717, 1.165) is 63.4 Å². The highest BCUT2D eigenvalue weighted by atomic mass is 35.5. The third-order valence-corrected chi connectivity index (χ3v) is 6.60. The molecule has 140 valence electrons. The average Bonchev–Trinajstić information content (AvgIpc) is 2.90. The Morgan fingerprint density at radius 2 is 1.42 bits per heavy atom. The zero-order valence-electron chi connectivity index (χ0n) is 15.2. The molecule has 1 aromatic rings. The second-order valence-electron chi connectivity index (χ2n) is 8.06. The van der Waals surface area contributed by atoms with E-state index in [-0.39, 0.29) is 23.7 Å². The van der Waals surface area contributed by atoms with Gasteiger partial charge in [0.1, 0.15) is 32.7 Å². The molecule has 2 atom stereocenters. The molecule has 0 unspecified atom stereocenters. The molecule has 2 heterocycles. The molecule has 0 spiro atoms. The molecule has 5 nitrogen and oxygen atoms in total. The van der Waals surface area contributed by atoms with E-state index >= 15 is 0 Å². The summed E-state index contributed by atoms with van der Waals surface area (Å²) in [4.78, 5) is 29.8. The Morgan fingerprint density at radius 3 is 2.00 bits per heavy atom. The van der Waals surface area contributed by atoms with Crippen molar-refractivity contribution in [2.45, 2.75) is 32.2 Å². The highest BCUT2D eigenvalue weighted by Crippen LogP contribution is 2.37. The van der Waals surface area contributed by atoms with Gasteiger partial charge in [-0.25, -0.2) is 4.90 Å². The minimum absolute atomic E-state index is 0.0209. The predicted molar refractivity (Wildman–Crippen MR) is 98.7 cm³/mol. The fourth-order valence-corrected chi connectivity index (χ4v) is 4.92. The van der Waals surface area contributed by atoms with E-state index in [1.54, 1.807) is 9.80 Å². The number of carbonyl (C=O) groups excluding carboxylic acids is 2. The van der Waals surface area contributed by atoms with Gasteiger partial charge in [-0.1, -0.05) is 36.6 Å². The molecular weight excluding hydrogens is 350 g/mol. The van der Waals surface area contributed by atoms with Crippen molar-refractivity contribution >= 4 is 23.4 Å². The lowest BCUT2D eigenvalue weighted by Gasteiger charge is -2.31. The average molecular weight is 378 g/mol. The summed E-state index contributed by atoms with van der Waals surface area (Å²) in [6, 6.07) is 8.08. The van der Waals surface area contributed by atoms with Gasteiger partial charge in [0, 0.05) is 10.6 Å². The van der Waals surface area contributed by atoms with Gasteiger partial charge in [0.25, 0.3) is 0 Å². The fourth-order valence-electron chi connectivity index (χ4n) is 4.79. The molecule has 0 radical (unpaired) electrons. The van der Waals surface area contributed by atoms with E-state index < -0.39 is 0 Å². The fraction of sp³-hybridized carbons (Fsp3) is 0.600. The van der Waals surface area contributed by atoms with Gasteiger partial charge in [0.05, 0.1) is 11.8 Å². The number of benzene rings is 1. The van der Waals surface area contributed by atoms with Crippen LogP contribution in [0.5, 0.6) is 0 Å². The van der Waals surface area contributed by atoms with E-state index in [1.807, 2.05) is 12.1 Å². The first kappa shape index (κ1) is 18.0. The van der Waals surface area contributed by atoms with E-state index in [2.05, 4.69) is 12.1 Å². The number of nitrogens with one attached hydrogen (secondary N) is 2. The lowest BCUT2D eigenvalue weighted by Crippen LogP contribution is -3.28. The molecule has 2 amide bonds. The second-order valence-corrected chi connectivity index (χ2v) is 8.50. The first-order valence-corrected chi connectivity index (χ1v) is 10.3. The Bertz CT molecular complexity index is 646. The van der Waals surface area contributed by atoms with Crippen molar-refractivity contribution in [3.05, 3.63) is 34.9 Å². The largest absolute Gasteiger partial charge is 0.322 e. The van der Waals surface area contributed by atoms with Crippen molar-refractivity contribution in [3.63, 3.8) is 0 Å². The normalized spacial score (nSPS) is 32.0. The molecule has 4 rings (SSSR count). The lowest BCUT2D eigenvalue weighted by molar-refractivity contribution is -1.02. The molecule has 1 aromatic carbocycles. The number of hydrogen-bond donors (Lipinski definition) is 2. The quantitative estimate of drug-likeness (QED) is 0.711. The number of nitrogens with zero attached hydrogens (tertiary/aromatic N) is 1. The molecular formula is C20H28ClN3O2+2. The van der Waals surface area contributed by atoms with Gasteiger partial charge in [-0.3, -0.25) is 9.59 Å². The van der Waals surface area contributed by atoms with Crippen LogP contribution in [0.1, 0.15) is 31.2 Å².